The third kappa shape index (κ3) is 4.48. The van der Waals surface area contributed by atoms with Gasteiger partial charge in [-0.25, -0.2) is 0 Å². The quantitative estimate of drug-likeness (QED) is 0.180. The molecule has 0 radical (unpaired) electrons. The van der Waals surface area contributed by atoms with Gasteiger partial charge in [0.05, 0.1) is 16.8 Å². The van der Waals surface area contributed by atoms with Crippen LogP contribution in [0.1, 0.15) is 25.0 Å². The van der Waals surface area contributed by atoms with Crippen LogP contribution in [0.15, 0.2) is 185 Å². The fourth-order valence-electron chi connectivity index (χ4n) is 8.88. The molecule has 0 spiro atoms. The van der Waals surface area contributed by atoms with E-state index in [0.29, 0.717) is 0 Å². The zero-order valence-corrected chi connectivity index (χ0v) is 30.0. The van der Waals surface area contributed by atoms with Crippen molar-refractivity contribution < 1.29 is 8.83 Å². The zero-order chi connectivity index (χ0) is 36.0. The maximum Gasteiger partial charge on any atom is 0.145 e. The molecule has 54 heavy (non-hydrogen) atoms. The fraction of sp³-hybridized carbons (Fsp3) is 0.0588. The summed E-state index contributed by atoms with van der Waals surface area (Å²) in [6.07, 6.45) is 0. The van der Waals surface area contributed by atoms with Gasteiger partial charge in [0.1, 0.15) is 22.3 Å². The van der Waals surface area contributed by atoms with E-state index in [9.17, 15) is 0 Å². The van der Waals surface area contributed by atoms with Crippen molar-refractivity contribution in [2.45, 2.75) is 19.3 Å². The van der Waals surface area contributed by atoms with Gasteiger partial charge in [-0.1, -0.05) is 135 Å². The average molecular weight is 694 g/mol. The molecule has 0 amide bonds. The van der Waals surface area contributed by atoms with E-state index in [1.807, 2.05) is 12.1 Å². The number of rotatable bonds is 5. The van der Waals surface area contributed by atoms with E-state index < -0.39 is 0 Å². The van der Waals surface area contributed by atoms with Crippen molar-refractivity contribution in [3.63, 3.8) is 0 Å². The summed E-state index contributed by atoms with van der Waals surface area (Å²) in [7, 11) is 0. The summed E-state index contributed by atoms with van der Waals surface area (Å²) < 4.78 is 12.9. The third-order valence-electron chi connectivity index (χ3n) is 11.5. The van der Waals surface area contributed by atoms with E-state index in [0.717, 1.165) is 83.2 Å². The average Bonchev–Trinajstić information content (AvgIpc) is 3.87. The second kappa shape index (κ2) is 11.6. The van der Waals surface area contributed by atoms with Crippen LogP contribution >= 0.6 is 0 Å². The SMILES string of the molecule is CC1(C)c2ccccc2-c2c(N(c3ccc(-c4ccc5oc6ccccc6c5c4)cc3)c3ccc(-c4ccccc4)c4oc5ccccc5c34)cccc21. The van der Waals surface area contributed by atoms with Crippen molar-refractivity contribution in [3.05, 3.63) is 187 Å². The molecule has 2 aromatic heterocycles. The van der Waals surface area contributed by atoms with Gasteiger partial charge in [0.25, 0.3) is 0 Å². The highest BCUT2D eigenvalue weighted by molar-refractivity contribution is 6.17. The van der Waals surface area contributed by atoms with Gasteiger partial charge >= 0.3 is 0 Å². The number of nitrogens with zero attached hydrogens (tertiary/aromatic N) is 1. The number of hydrogen-bond donors (Lipinski definition) is 0. The Hall–Kier alpha value is -6.84. The number of para-hydroxylation sites is 2. The van der Waals surface area contributed by atoms with Crippen molar-refractivity contribution >= 4 is 60.9 Å². The molecule has 256 valence electrons. The van der Waals surface area contributed by atoms with Crippen LogP contribution in [-0.2, 0) is 5.41 Å². The third-order valence-corrected chi connectivity index (χ3v) is 11.5. The number of furan rings is 2. The van der Waals surface area contributed by atoms with E-state index in [1.54, 1.807) is 0 Å². The molecular weight excluding hydrogens is 659 g/mol. The molecule has 8 aromatic carbocycles. The van der Waals surface area contributed by atoms with E-state index in [1.165, 1.54) is 22.3 Å². The Labute approximate surface area is 313 Å². The molecule has 0 fully saturated rings. The highest BCUT2D eigenvalue weighted by atomic mass is 16.3. The van der Waals surface area contributed by atoms with Gasteiger partial charge in [0, 0.05) is 38.4 Å². The number of anilines is 3. The van der Waals surface area contributed by atoms with Crippen LogP contribution in [0.25, 0.3) is 77.3 Å². The Balaban J connectivity index is 1.16. The second-order valence-corrected chi connectivity index (χ2v) is 14.9. The molecule has 1 aliphatic rings. The molecule has 11 rings (SSSR count). The van der Waals surface area contributed by atoms with Gasteiger partial charge in [0.2, 0.25) is 0 Å². The molecule has 1 aliphatic carbocycles. The van der Waals surface area contributed by atoms with Crippen LogP contribution in [-0.4, -0.2) is 0 Å². The summed E-state index contributed by atoms with van der Waals surface area (Å²) in [6, 6.07) is 62.9. The summed E-state index contributed by atoms with van der Waals surface area (Å²) in [5.74, 6) is 0. The predicted octanol–water partition coefficient (Wildman–Crippen LogP) is 14.6. The Morgan fingerprint density at radius 2 is 1.09 bits per heavy atom. The van der Waals surface area contributed by atoms with Gasteiger partial charge in [-0.05, 0) is 88.0 Å². The Morgan fingerprint density at radius 3 is 1.93 bits per heavy atom. The first-order valence-electron chi connectivity index (χ1n) is 18.6. The summed E-state index contributed by atoms with van der Waals surface area (Å²) in [5.41, 5.74) is 16.5. The lowest BCUT2D eigenvalue weighted by Crippen LogP contribution is -2.16. The smallest absolute Gasteiger partial charge is 0.145 e. The van der Waals surface area contributed by atoms with Crippen LogP contribution in [0.4, 0.5) is 17.1 Å². The molecule has 2 heterocycles. The molecule has 0 bridgehead atoms. The lowest BCUT2D eigenvalue weighted by Gasteiger charge is -2.30. The lowest BCUT2D eigenvalue weighted by molar-refractivity contribution is 0.660. The van der Waals surface area contributed by atoms with Crippen LogP contribution in [0.2, 0.25) is 0 Å². The first-order valence-corrected chi connectivity index (χ1v) is 18.6. The van der Waals surface area contributed by atoms with Gasteiger partial charge in [-0.15, -0.1) is 0 Å². The largest absolute Gasteiger partial charge is 0.456 e. The molecule has 0 N–H and O–H groups in total. The normalized spacial score (nSPS) is 13.1. The maximum absolute atomic E-state index is 6.78. The van der Waals surface area contributed by atoms with Crippen LogP contribution in [0, 0.1) is 0 Å². The van der Waals surface area contributed by atoms with Crippen molar-refractivity contribution in [3.8, 4) is 33.4 Å². The molecule has 0 unspecified atom stereocenters. The number of hydrogen-bond acceptors (Lipinski definition) is 3. The molecule has 0 atom stereocenters. The highest BCUT2D eigenvalue weighted by Crippen LogP contribution is 2.55. The van der Waals surface area contributed by atoms with E-state index in [2.05, 4.69) is 183 Å². The molecule has 0 saturated heterocycles. The molecular formula is C51H35NO2. The van der Waals surface area contributed by atoms with E-state index in [-0.39, 0.29) is 5.41 Å². The lowest BCUT2D eigenvalue weighted by atomic mass is 9.82. The molecule has 0 aliphatic heterocycles. The first kappa shape index (κ1) is 30.8. The molecule has 3 heteroatoms. The summed E-state index contributed by atoms with van der Waals surface area (Å²) in [4.78, 5) is 2.45. The Bertz CT molecular complexity index is 3070. The Kier molecular flexibility index (Phi) is 6.60. The van der Waals surface area contributed by atoms with Gasteiger partial charge < -0.3 is 13.7 Å². The van der Waals surface area contributed by atoms with E-state index in [4.69, 9.17) is 8.83 Å². The standard InChI is InChI=1S/C51H35NO2/c1-51(2)41-18-9-6-16-38(41)48-42(51)19-12-20-43(48)52(35-26-23-32(24-27-35)34-25-30-47-40(31-34)37-15-7-10-21-45(37)53-47)44-29-28-36(33-13-4-3-5-14-33)50-49(44)39-17-8-11-22-46(39)54-50/h3-31H,1-2H3. The monoisotopic (exact) mass is 693 g/mol. The van der Waals surface area contributed by atoms with Crippen molar-refractivity contribution in [2.75, 3.05) is 4.90 Å². The van der Waals surface area contributed by atoms with Gasteiger partial charge in [-0.2, -0.15) is 0 Å². The van der Waals surface area contributed by atoms with Crippen molar-refractivity contribution in [2.24, 2.45) is 0 Å². The van der Waals surface area contributed by atoms with Gasteiger partial charge in [-0.3, -0.25) is 0 Å². The summed E-state index contributed by atoms with van der Waals surface area (Å²) >= 11 is 0. The number of benzene rings is 8. The van der Waals surface area contributed by atoms with Crippen molar-refractivity contribution in [1.82, 2.24) is 0 Å². The second-order valence-electron chi connectivity index (χ2n) is 14.9. The minimum atomic E-state index is -0.137. The Morgan fingerprint density at radius 1 is 0.426 bits per heavy atom. The summed E-state index contributed by atoms with van der Waals surface area (Å²) in [6.45, 7) is 4.69. The van der Waals surface area contributed by atoms with Gasteiger partial charge in [0.15, 0.2) is 0 Å². The maximum atomic E-state index is 6.78. The van der Waals surface area contributed by atoms with Crippen LogP contribution in [0.3, 0.4) is 0 Å². The highest BCUT2D eigenvalue weighted by Gasteiger charge is 2.38. The van der Waals surface area contributed by atoms with Crippen LogP contribution < -0.4 is 4.90 Å². The molecule has 0 saturated carbocycles. The first-order chi connectivity index (χ1) is 26.5. The topological polar surface area (TPSA) is 29.5 Å². The molecule has 10 aromatic rings. The zero-order valence-electron chi connectivity index (χ0n) is 30.0. The number of fused-ring (bicyclic) bond motifs is 9. The predicted molar refractivity (Wildman–Crippen MR) is 224 cm³/mol. The summed E-state index contributed by atoms with van der Waals surface area (Å²) in [5, 5.41) is 4.45. The van der Waals surface area contributed by atoms with E-state index >= 15 is 0 Å². The minimum Gasteiger partial charge on any atom is -0.456 e. The minimum absolute atomic E-state index is 0.137. The fourth-order valence-corrected chi connectivity index (χ4v) is 8.88. The van der Waals surface area contributed by atoms with Crippen LogP contribution in [0.5, 0.6) is 0 Å². The van der Waals surface area contributed by atoms with Crippen molar-refractivity contribution in [1.29, 1.82) is 0 Å². The molecule has 3 nitrogen and oxygen atoms in total.